The molecule has 0 aliphatic rings. The molecule has 4 heteroatoms. The molecule has 0 radical (unpaired) electrons. The van der Waals surface area contributed by atoms with Crippen molar-refractivity contribution < 1.29 is 13.9 Å². The van der Waals surface area contributed by atoms with Crippen LogP contribution in [0.3, 0.4) is 0 Å². The van der Waals surface area contributed by atoms with E-state index in [1.165, 1.54) is 6.20 Å². The van der Waals surface area contributed by atoms with E-state index in [2.05, 4.69) is 4.98 Å². The number of carbonyl (C=O) groups excluding carboxylic acids is 1. The smallest absolute Gasteiger partial charge is 0.213 e. The number of carbonyl (C=O) groups is 1. The van der Waals surface area contributed by atoms with E-state index in [1.54, 1.807) is 18.2 Å². The van der Waals surface area contributed by atoms with Gasteiger partial charge >= 0.3 is 0 Å². The van der Waals surface area contributed by atoms with Crippen molar-refractivity contribution in [3.8, 4) is 5.88 Å². The number of benzene rings is 1. The van der Waals surface area contributed by atoms with E-state index in [4.69, 9.17) is 4.74 Å². The van der Waals surface area contributed by atoms with Crippen LogP contribution in [0.15, 0.2) is 30.5 Å². The van der Waals surface area contributed by atoms with E-state index >= 15 is 0 Å². The quantitative estimate of drug-likeness (QED) is 0.787. The van der Waals surface area contributed by atoms with E-state index in [-0.39, 0.29) is 11.9 Å². The Labute approximate surface area is 123 Å². The molecular formula is C17H18FNO2. The maximum Gasteiger partial charge on any atom is 0.213 e. The van der Waals surface area contributed by atoms with Gasteiger partial charge in [0.15, 0.2) is 0 Å². The number of aldehydes is 1. The Kier molecular flexibility index (Phi) is 4.68. The summed E-state index contributed by atoms with van der Waals surface area (Å²) >= 11 is 0. The molecular weight excluding hydrogens is 269 g/mol. The fourth-order valence-electron chi connectivity index (χ4n) is 2.10. The van der Waals surface area contributed by atoms with Crippen molar-refractivity contribution >= 4 is 6.29 Å². The van der Waals surface area contributed by atoms with Gasteiger partial charge < -0.3 is 4.74 Å². The molecule has 0 amide bonds. The minimum absolute atomic E-state index is 0.00979. The SMILES string of the molecule is Cc1cc(C=O)ccc1Cc1cc(OC(C)C)ncc1F. The van der Waals surface area contributed by atoms with Crippen molar-refractivity contribution in [3.05, 3.63) is 58.5 Å². The van der Waals surface area contributed by atoms with Gasteiger partial charge in [-0.3, -0.25) is 4.79 Å². The van der Waals surface area contributed by atoms with E-state index in [9.17, 15) is 9.18 Å². The van der Waals surface area contributed by atoms with E-state index < -0.39 is 0 Å². The van der Waals surface area contributed by atoms with Crippen LogP contribution in [0.4, 0.5) is 4.39 Å². The van der Waals surface area contributed by atoms with Gasteiger partial charge in [-0.15, -0.1) is 0 Å². The molecule has 1 aromatic carbocycles. The van der Waals surface area contributed by atoms with Gasteiger partial charge in [0.25, 0.3) is 0 Å². The summed E-state index contributed by atoms with van der Waals surface area (Å²) in [6, 6.07) is 7.01. The minimum Gasteiger partial charge on any atom is -0.475 e. The second kappa shape index (κ2) is 6.48. The van der Waals surface area contributed by atoms with Crippen LogP contribution in [0.25, 0.3) is 0 Å². The van der Waals surface area contributed by atoms with Crippen molar-refractivity contribution in [2.45, 2.75) is 33.3 Å². The Hall–Kier alpha value is -2.23. The number of nitrogens with zero attached hydrogens (tertiary/aromatic N) is 1. The Morgan fingerprint density at radius 2 is 2.05 bits per heavy atom. The number of halogens is 1. The highest BCUT2D eigenvalue weighted by Crippen LogP contribution is 2.20. The highest BCUT2D eigenvalue weighted by molar-refractivity contribution is 5.75. The van der Waals surface area contributed by atoms with Crippen molar-refractivity contribution in [1.82, 2.24) is 4.98 Å². The number of pyridine rings is 1. The van der Waals surface area contributed by atoms with Crippen LogP contribution in [-0.4, -0.2) is 17.4 Å². The second-order valence-electron chi connectivity index (χ2n) is 5.26. The summed E-state index contributed by atoms with van der Waals surface area (Å²) < 4.78 is 19.4. The maximum absolute atomic E-state index is 13.9. The lowest BCUT2D eigenvalue weighted by Crippen LogP contribution is -2.08. The average molecular weight is 287 g/mol. The number of ether oxygens (including phenoxy) is 1. The van der Waals surface area contributed by atoms with Crippen LogP contribution in [-0.2, 0) is 6.42 Å². The molecule has 0 bridgehead atoms. The molecule has 0 fully saturated rings. The van der Waals surface area contributed by atoms with Gasteiger partial charge in [0.05, 0.1) is 12.3 Å². The van der Waals surface area contributed by atoms with E-state index in [1.807, 2.05) is 26.8 Å². The summed E-state index contributed by atoms with van der Waals surface area (Å²) in [6.45, 7) is 5.70. The van der Waals surface area contributed by atoms with Crippen molar-refractivity contribution in [3.63, 3.8) is 0 Å². The molecule has 3 nitrogen and oxygen atoms in total. The molecule has 21 heavy (non-hydrogen) atoms. The van der Waals surface area contributed by atoms with Crippen LogP contribution in [0.5, 0.6) is 5.88 Å². The summed E-state index contributed by atoms with van der Waals surface area (Å²) in [4.78, 5) is 14.7. The van der Waals surface area contributed by atoms with Gasteiger partial charge in [-0.2, -0.15) is 0 Å². The number of aromatic nitrogens is 1. The number of hydrogen-bond donors (Lipinski definition) is 0. The van der Waals surface area contributed by atoms with Gasteiger partial charge in [-0.05, 0) is 43.5 Å². The van der Waals surface area contributed by atoms with Crippen LogP contribution >= 0.6 is 0 Å². The first-order valence-corrected chi connectivity index (χ1v) is 6.85. The molecule has 0 unspecified atom stereocenters. The lowest BCUT2D eigenvalue weighted by Gasteiger charge is -2.11. The topological polar surface area (TPSA) is 39.2 Å². The zero-order valence-corrected chi connectivity index (χ0v) is 12.4. The first-order valence-electron chi connectivity index (χ1n) is 6.85. The predicted molar refractivity (Wildman–Crippen MR) is 79.3 cm³/mol. The number of aryl methyl sites for hydroxylation is 1. The van der Waals surface area contributed by atoms with Crippen molar-refractivity contribution in [2.24, 2.45) is 0 Å². The minimum atomic E-state index is -0.357. The van der Waals surface area contributed by atoms with Gasteiger partial charge in [-0.25, -0.2) is 9.37 Å². The van der Waals surface area contributed by atoms with Crippen molar-refractivity contribution in [1.29, 1.82) is 0 Å². The Bertz CT molecular complexity index is 653. The Morgan fingerprint density at radius 3 is 2.67 bits per heavy atom. The average Bonchev–Trinajstić information content (AvgIpc) is 2.44. The standard InChI is InChI=1S/C17H18FNO2/c1-11(2)21-17-8-15(16(18)9-19-17)7-14-5-4-13(10-20)6-12(14)3/h4-6,8-11H,7H2,1-3H3. The Balaban J connectivity index is 2.28. The third kappa shape index (κ3) is 3.88. The molecule has 1 heterocycles. The molecule has 0 saturated heterocycles. The van der Waals surface area contributed by atoms with Crippen LogP contribution in [0.2, 0.25) is 0 Å². The van der Waals surface area contributed by atoms with E-state index in [0.29, 0.717) is 23.4 Å². The highest BCUT2D eigenvalue weighted by atomic mass is 19.1. The maximum atomic E-state index is 13.9. The number of hydrogen-bond acceptors (Lipinski definition) is 3. The molecule has 0 saturated carbocycles. The lowest BCUT2D eigenvalue weighted by atomic mass is 9.99. The third-order valence-corrected chi connectivity index (χ3v) is 3.15. The fraction of sp³-hybridized carbons (Fsp3) is 0.294. The van der Waals surface area contributed by atoms with E-state index in [0.717, 1.165) is 17.4 Å². The van der Waals surface area contributed by atoms with Gasteiger partial charge in [-0.1, -0.05) is 12.1 Å². The molecule has 2 aromatic rings. The molecule has 2 rings (SSSR count). The molecule has 0 atom stereocenters. The van der Waals surface area contributed by atoms with Gasteiger partial charge in [0, 0.05) is 18.1 Å². The molecule has 1 aromatic heterocycles. The van der Waals surface area contributed by atoms with Gasteiger partial charge in [0.2, 0.25) is 5.88 Å². The molecule has 0 N–H and O–H groups in total. The fourth-order valence-corrected chi connectivity index (χ4v) is 2.10. The zero-order chi connectivity index (χ0) is 15.4. The third-order valence-electron chi connectivity index (χ3n) is 3.15. The summed E-state index contributed by atoms with van der Waals surface area (Å²) in [6.07, 6.45) is 2.42. The normalized spacial score (nSPS) is 10.7. The lowest BCUT2D eigenvalue weighted by molar-refractivity contribution is 0.112. The van der Waals surface area contributed by atoms with Gasteiger partial charge in [0.1, 0.15) is 12.1 Å². The highest BCUT2D eigenvalue weighted by Gasteiger charge is 2.09. The summed E-state index contributed by atoms with van der Waals surface area (Å²) in [7, 11) is 0. The molecule has 0 aliphatic carbocycles. The molecule has 110 valence electrons. The summed E-state index contributed by atoms with van der Waals surface area (Å²) in [5, 5.41) is 0. The predicted octanol–water partition coefficient (Wildman–Crippen LogP) is 3.72. The second-order valence-corrected chi connectivity index (χ2v) is 5.26. The first-order chi connectivity index (χ1) is 9.99. The number of rotatable bonds is 5. The Morgan fingerprint density at radius 1 is 1.29 bits per heavy atom. The molecule has 0 aliphatic heterocycles. The largest absolute Gasteiger partial charge is 0.475 e. The zero-order valence-electron chi connectivity index (χ0n) is 12.4. The summed E-state index contributed by atoms with van der Waals surface area (Å²) in [5.41, 5.74) is 3.08. The van der Waals surface area contributed by atoms with Crippen molar-refractivity contribution in [2.75, 3.05) is 0 Å². The summed E-state index contributed by atoms with van der Waals surface area (Å²) in [5.74, 6) is 0.0635. The molecule has 0 spiro atoms. The monoisotopic (exact) mass is 287 g/mol. The van der Waals surface area contributed by atoms with Crippen LogP contribution < -0.4 is 4.74 Å². The first kappa shape index (κ1) is 15.2. The van der Waals surface area contributed by atoms with Crippen LogP contribution in [0, 0.1) is 12.7 Å². The van der Waals surface area contributed by atoms with Crippen LogP contribution in [0.1, 0.15) is 40.9 Å².